The van der Waals surface area contributed by atoms with E-state index in [1.807, 2.05) is 24.3 Å². The highest BCUT2D eigenvalue weighted by atomic mass is 16.6. The fourth-order valence-electron chi connectivity index (χ4n) is 2.77. The molecule has 28 heavy (non-hydrogen) atoms. The lowest BCUT2D eigenvalue weighted by atomic mass is 10.2. The molecule has 0 fully saturated rings. The number of aromatic nitrogens is 4. The lowest BCUT2D eigenvalue weighted by Gasteiger charge is -2.06. The Labute approximate surface area is 160 Å². The van der Waals surface area contributed by atoms with Gasteiger partial charge in [-0.1, -0.05) is 19.1 Å². The van der Waals surface area contributed by atoms with E-state index in [0.717, 1.165) is 6.42 Å². The number of carbonyl (C=O) groups is 1. The summed E-state index contributed by atoms with van der Waals surface area (Å²) < 4.78 is 8.35. The highest BCUT2D eigenvalue weighted by Gasteiger charge is 2.29. The monoisotopic (exact) mass is 384 g/mol. The van der Waals surface area contributed by atoms with E-state index in [4.69, 9.17) is 4.74 Å². The second-order valence-corrected chi connectivity index (χ2v) is 6.16. The molecule has 0 bridgehead atoms. The van der Waals surface area contributed by atoms with Gasteiger partial charge in [0, 0.05) is 7.05 Å². The van der Waals surface area contributed by atoms with E-state index in [9.17, 15) is 14.9 Å². The second-order valence-electron chi connectivity index (χ2n) is 6.16. The van der Waals surface area contributed by atoms with E-state index in [1.54, 1.807) is 6.20 Å². The second kappa shape index (κ2) is 7.91. The quantitative estimate of drug-likeness (QED) is 0.494. The van der Waals surface area contributed by atoms with Crippen LogP contribution in [0.4, 0.5) is 11.4 Å². The third-order valence-electron chi connectivity index (χ3n) is 4.17. The minimum absolute atomic E-state index is 0.123. The molecule has 10 nitrogen and oxygen atoms in total. The highest BCUT2D eigenvalue weighted by molar-refractivity contribution is 6.05. The molecule has 0 unspecified atom stereocenters. The fourth-order valence-corrected chi connectivity index (χ4v) is 2.77. The number of hydrogen-bond acceptors (Lipinski definition) is 6. The number of nitrogens with one attached hydrogen (secondary N) is 1. The van der Waals surface area contributed by atoms with Crippen molar-refractivity contribution in [2.75, 3.05) is 5.32 Å². The molecular formula is C18H20N6O4. The van der Waals surface area contributed by atoms with Crippen molar-refractivity contribution in [3.8, 4) is 5.75 Å². The Morgan fingerprint density at radius 2 is 2.04 bits per heavy atom. The topological polar surface area (TPSA) is 117 Å². The molecule has 3 rings (SSSR count). The van der Waals surface area contributed by atoms with Crippen LogP contribution in [-0.4, -0.2) is 30.4 Å². The fraction of sp³-hybridized carbons (Fsp3) is 0.278. The maximum atomic E-state index is 12.5. The lowest BCUT2D eigenvalue weighted by molar-refractivity contribution is -0.385. The average Bonchev–Trinajstić information content (AvgIpc) is 3.23. The Kier molecular flexibility index (Phi) is 5.39. The summed E-state index contributed by atoms with van der Waals surface area (Å²) in [6, 6.07) is 7.75. The zero-order valence-electron chi connectivity index (χ0n) is 15.7. The first-order valence-electron chi connectivity index (χ1n) is 8.62. The first-order chi connectivity index (χ1) is 13.4. The normalized spacial score (nSPS) is 10.7. The van der Waals surface area contributed by atoms with E-state index in [-0.39, 0.29) is 23.8 Å². The Hall–Kier alpha value is -3.69. The molecule has 0 aliphatic carbocycles. The van der Waals surface area contributed by atoms with Crippen LogP contribution in [0.3, 0.4) is 0 Å². The maximum absolute atomic E-state index is 12.5. The van der Waals surface area contributed by atoms with Crippen LogP contribution in [0.1, 0.15) is 28.7 Å². The van der Waals surface area contributed by atoms with Crippen LogP contribution < -0.4 is 10.1 Å². The standard InChI is InChI=1S/C18H20N6O4/c1-4-13-5-7-15(8-6-13)28-11-23-10-14(9-19-23)20-18(25)17-16(24(26)27)12(2)21-22(17)3/h5-10H,4,11H2,1-3H3,(H,20,25). The van der Waals surface area contributed by atoms with Crippen molar-refractivity contribution in [3.63, 3.8) is 0 Å². The number of rotatable bonds is 7. The predicted molar refractivity (Wildman–Crippen MR) is 101 cm³/mol. The van der Waals surface area contributed by atoms with E-state index >= 15 is 0 Å². The van der Waals surface area contributed by atoms with Crippen LogP contribution in [0.2, 0.25) is 0 Å². The SMILES string of the molecule is CCc1ccc(OCn2cc(NC(=O)c3c([N+](=O)[O-])c(C)nn3C)cn2)cc1. The number of amides is 1. The van der Waals surface area contributed by atoms with Crippen molar-refractivity contribution in [1.82, 2.24) is 19.6 Å². The molecule has 1 amide bonds. The Morgan fingerprint density at radius 1 is 1.32 bits per heavy atom. The summed E-state index contributed by atoms with van der Waals surface area (Å²) in [4.78, 5) is 23.1. The smallest absolute Gasteiger partial charge is 0.322 e. The number of hydrogen-bond donors (Lipinski definition) is 1. The third-order valence-corrected chi connectivity index (χ3v) is 4.17. The first kappa shape index (κ1) is 19.1. The first-order valence-corrected chi connectivity index (χ1v) is 8.62. The molecule has 2 heterocycles. The van der Waals surface area contributed by atoms with Crippen molar-refractivity contribution in [2.45, 2.75) is 27.0 Å². The van der Waals surface area contributed by atoms with Crippen molar-refractivity contribution >= 4 is 17.3 Å². The van der Waals surface area contributed by atoms with Crippen LogP contribution in [0.15, 0.2) is 36.7 Å². The van der Waals surface area contributed by atoms with Gasteiger partial charge in [0.05, 0.1) is 23.0 Å². The van der Waals surface area contributed by atoms with Crippen molar-refractivity contribution in [2.24, 2.45) is 7.05 Å². The number of anilines is 1. The molecular weight excluding hydrogens is 364 g/mol. The van der Waals surface area contributed by atoms with Crippen molar-refractivity contribution in [1.29, 1.82) is 0 Å². The molecule has 0 aliphatic heterocycles. The van der Waals surface area contributed by atoms with E-state index in [2.05, 4.69) is 22.4 Å². The Morgan fingerprint density at radius 3 is 2.68 bits per heavy atom. The molecule has 0 aliphatic rings. The van der Waals surface area contributed by atoms with Crippen LogP contribution in [0, 0.1) is 17.0 Å². The maximum Gasteiger partial charge on any atom is 0.322 e. The average molecular weight is 384 g/mol. The number of carbonyl (C=O) groups excluding carboxylic acids is 1. The predicted octanol–water partition coefficient (Wildman–Crippen LogP) is 2.68. The summed E-state index contributed by atoms with van der Waals surface area (Å²) >= 11 is 0. The summed E-state index contributed by atoms with van der Waals surface area (Å²) in [6.45, 7) is 3.72. The van der Waals surface area contributed by atoms with E-state index < -0.39 is 10.8 Å². The van der Waals surface area contributed by atoms with Gasteiger partial charge < -0.3 is 10.1 Å². The number of ether oxygens (including phenoxy) is 1. The van der Waals surface area contributed by atoms with Crippen molar-refractivity contribution in [3.05, 3.63) is 63.7 Å². The molecule has 0 saturated heterocycles. The van der Waals surface area contributed by atoms with Crippen LogP contribution in [0.5, 0.6) is 5.75 Å². The van der Waals surface area contributed by atoms with Gasteiger partial charge in [0.1, 0.15) is 11.4 Å². The van der Waals surface area contributed by atoms with E-state index in [1.165, 1.54) is 35.1 Å². The summed E-state index contributed by atoms with van der Waals surface area (Å²) in [7, 11) is 1.48. The van der Waals surface area contributed by atoms with Gasteiger partial charge in [-0.15, -0.1) is 0 Å². The molecule has 1 N–H and O–H groups in total. The zero-order valence-corrected chi connectivity index (χ0v) is 15.7. The van der Waals surface area contributed by atoms with Gasteiger partial charge in [0.2, 0.25) is 5.69 Å². The third kappa shape index (κ3) is 4.00. The summed E-state index contributed by atoms with van der Waals surface area (Å²) in [5.41, 5.74) is 1.35. The Bertz CT molecular complexity index is 1010. The van der Waals surface area contributed by atoms with Gasteiger partial charge in [-0.3, -0.25) is 19.6 Å². The van der Waals surface area contributed by atoms with Gasteiger partial charge in [0.15, 0.2) is 6.73 Å². The largest absolute Gasteiger partial charge is 0.471 e. The molecule has 0 radical (unpaired) electrons. The lowest BCUT2D eigenvalue weighted by Crippen LogP contribution is -2.17. The van der Waals surface area contributed by atoms with Crippen LogP contribution >= 0.6 is 0 Å². The summed E-state index contributed by atoms with van der Waals surface area (Å²) in [6.07, 6.45) is 3.97. The Balaban J connectivity index is 1.66. The molecule has 3 aromatic rings. The number of benzene rings is 1. The van der Waals surface area contributed by atoms with E-state index in [0.29, 0.717) is 11.4 Å². The minimum atomic E-state index is -0.634. The van der Waals surface area contributed by atoms with Crippen molar-refractivity contribution < 1.29 is 14.5 Å². The molecule has 2 aromatic heterocycles. The molecule has 1 aromatic carbocycles. The highest BCUT2D eigenvalue weighted by Crippen LogP contribution is 2.23. The van der Waals surface area contributed by atoms with Gasteiger partial charge in [-0.2, -0.15) is 10.2 Å². The van der Waals surface area contributed by atoms with Crippen LogP contribution in [0.25, 0.3) is 0 Å². The number of nitro groups is 1. The molecule has 10 heteroatoms. The van der Waals surface area contributed by atoms with Crippen LogP contribution in [-0.2, 0) is 20.2 Å². The number of nitrogens with zero attached hydrogens (tertiary/aromatic N) is 5. The van der Waals surface area contributed by atoms with Gasteiger partial charge in [-0.05, 0) is 31.0 Å². The molecule has 0 saturated carbocycles. The molecule has 0 spiro atoms. The van der Waals surface area contributed by atoms with Gasteiger partial charge in [0.25, 0.3) is 5.91 Å². The zero-order chi connectivity index (χ0) is 20.3. The van der Waals surface area contributed by atoms with Gasteiger partial charge in [-0.25, -0.2) is 4.68 Å². The summed E-state index contributed by atoms with van der Waals surface area (Å²) in [5, 5.41) is 21.9. The molecule has 146 valence electrons. The van der Waals surface area contributed by atoms with Gasteiger partial charge >= 0.3 is 5.69 Å². The minimum Gasteiger partial charge on any atom is -0.471 e. The molecule has 0 atom stereocenters. The summed E-state index contributed by atoms with van der Waals surface area (Å²) in [5.74, 6) is 0.0738. The number of aryl methyl sites for hydroxylation is 3.